The van der Waals surface area contributed by atoms with Crippen molar-refractivity contribution in [2.45, 2.75) is 37.6 Å². The molecule has 5 N–H and O–H groups in total. The number of aliphatic hydroxyl groups excluding tert-OH is 1. The molecule has 1 amide bonds. The van der Waals surface area contributed by atoms with Crippen LogP contribution in [0.3, 0.4) is 0 Å². The minimum atomic E-state index is -1.13. The fourth-order valence-electron chi connectivity index (χ4n) is 4.21. The molecule has 37 heavy (non-hydrogen) atoms. The molecule has 0 saturated carbocycles. The van der Waals surface area contributed by atoms with E-state index in [9.17, 15) is 9.90 Å². The molecule has 2 aromatic carbocycles. The van der Waals surface area contributed by atoms with Crippen molar-refractivity contribution in [1.82, 2.24) is 24.8 Å². The van der Waals surface area contributed by atoms with Crippen LogP contribution in [-0.2, 0) is 22.7 Å². The smallest absolute Gasteiger partial charge is 0.250 e. The number of rotatable bonds is 8. The summed E-state index contributed by atoms with van der Waals surface area (Å²) in [7, 11) is 1.49. The van der Waals surface area contributed by atoms with E-state index in [2.05, 4.69) is 41.5 Å². The van der Waals surface area contributed by atoms with Gasteiger partial charge in [0.2, 0.25) is 0 Å². The van der Waals surface area contributed by atoms with E-state index in [1.807, 2.05) is 48.5 Å². The molecule has 3 heterocycles. The first kappa shape index (κ1) is 25.1. The van der Waals surface area contributed by atoms with Crippen molar-refractivity contribution in [3.05, 3.63) is 76.8 Å². The SMILES string of the molecule is CNC(=O)[C@H]1O[C@@H](n2cnc3c(NCc4cc(Br)ccc4OCc4ccccc4)ncnc32)[C@H](O)[C@@H]1N. The molecule has 1 fully saturated rings. The molecule has 1 saturated heterocycles. The summed E-state index contributed by atoms with van der Waals surface area (Å²) >= 11 is 3.53. The molecule has 4 aromatic rings. The number of carbonyl (C=O) groups is 1. The van der Waals surface area contributed by atoms with Crippen molar-refractivity contribution in [3.8, 4) is 5.75 Å². The number of nitrogens with two attached hydrogens (primary N) is 1. The summed E-state index contributed by atoms with van der Waals surface area (Å²) in [5, 5.41) is 16.5. The number of fused-ring (bicyclic) bond motifs is 1. The average Bonchev–Trinajstić information content (AvgIpc) is 3.48. The molecule has 4 atom stereocenters. The van der Waals surface area contributed by atoms with E-state index < -0.39 is 30.4 Å². The predicted octanol–water partition coefficient (Wildman–Crippen LogP) is 2.11. The lowest BCUT2D eigenvalue weighted by molar-refractivity contribution is -0.134. The Morgan fingerprint density at radius 1 is 1.22 bits per heavy atom. The molecule has 12 heteroatoms. The number of nitrogens with zero attached hydrogens (tertiary/aromatic N) is 4. The van der Waals surface area contributed by atoms with Crippen molar-refractivity contribution in [1.29, 1.82) is 0 Å². The van der Waals surface area contributed by atoms with E-state index in [1.165, 1.54) is 19.7 Å². The van der Waals surface area contributed by atoms with Crippen LogP contribution in [-0.4, -0.2) is 55.8 Å². The zero-order chi connectivity index (χ0) is 25.9. The molecule has 5 rings (SSSR count). The van der Waals surface area contributed by atoms with E-state index in [1.54, 1.807) is 4.57 Å². The average molecular weight is 568 g/mol. The Kier molecular flexibility index (Phi) is 7.33. The summed E-state index contributed by atoms with van der Waals surface area (Å²) in [6, 6.07) is 14.9. The normalized spacial score (nSPS) is 21.2. The third kappa shape index (κ3) is 5.14. The number of likely N-dealkylation sites (N-methyl/N-ethyl adjacent to an activating group) is 1. The quantitative estimate of drug-likeness (QED) is 0.251. The maximum Gasteiger partial charge on any atom is 0.250 e. The van der Waals surface area contributed by atoms with Gasteiger partial charge in [-0.05, 0) is 23.8 Å². The second-order valence-corrected chi connectivity index (χ2v) is 9.47. The Balaban J connectivity index is 1.35. The third-order valence-electron chi connectivity index (χ3n) is 6.17. The number of carbonyl (C=O) groups excluding carboxylic acids is 1. The third-order valence-corrected chi connectivity index (χ3v) is 6.66. The van der Waals surface area contributed by atoms with Gasteiger partial charge in [-0.1, -0.05) is 46.3 Å². The van der Waals surface area contributed by atoms with Gasteiger partial charge in [-0.25, -0.2) is 15.0 Å². The monoisotopic (exact) mass is 567 g/mol. The molecule has 0 aliphatic carbocycles. The molecule has 1 aliphatic heterocycles. The van der Waals surface area contributed by atoms with Gasteiger partial charge in [-0.2, -0.15) is 0 Å². The van der Waals surface area contributed by atoms with Crippen molar-refractivity contribution < 1.29 is 19.4 Å². The summed E-state index contributed by atoms with van der Waals surface area (Å²) in [6.45, 7) is 0.856. The van der Waals surface area contributed by atoms with Gasteiger partial charge in [-0.3, -0.25) is 9.36 Å². The summed E-state index contributed by atoms with van der Waals surface area (Å²) < 4.78 is 14.3. The number of benzene rings is 2. The Bertz CT molecular complexity index is 1400. The highest BCUT2D eigenvalue weighted by Crippen LogP contribution is 2.32. The Morgan fingerprint density at radius 2 is 2.03 bits per heavy atom. The molecular weight excluding hydrogens is 542 g/mol. The van der Waals surface area contributed by atoms with Crippen LogP contribution in [0.4, 0.5) is 5.82 Å². The number of ether oxygens (including phenoxy) is 2. The zero-order valence-electron chi connectivity index (χ0n) is 19.9. The molecule has 0 spiro atoms. The van der Waals surface area contributed by atoms with E-state index in [4.69, 9.17) is 15.2 Å². The van der Waals surface area contributed by atoms with Crippen LogP contribution in [0.2, 0.25) is 0 Å². The van der Waals surface area contributed by atoms with Crippen molar-refractivity contribution in [2.75, 3.05) is 12.4 Å². The lowest BCUT2D eigenvalue weighted by atomic mass is 10.1. The van der Waals surface area contributed by atoms with Crippen LogP contribution in [0.15, 0.2) is 65.7 Å². The van der Waals surface area contributed by atoms with E-state index >= 15 is 0 Å². The first-order valence-corrected chi connectivity index (χ1v) is 12.4. The van der Waals surface area contributed by atoms with Crippen LogP contribution < -0.4 is 21.1 Å². The van der Waals surface area contributed by atoms with Gasteiger partial charge >= 0.3 is 0 Å². The fourth-order valence-corrected chi connectivity index (χ4v) is 4.62. The van der Waals surface area contributed by atoms with Gasteiger partial charge in [0.1, 0.15) is 24.8 Å². The first-order chi connectivity index (χ1) is 18.0. The number of anilines is 1. The fraction of sp³-hybridized carbons (Fsp3) is 0.280. The Morgan fingerprint density at radius 3 is 2.81 bits per heavy atom. The van der Waals surface area contributed by atoms with Gasteiger partial charge in [0.15, 0.2) is 29.3 Å². The number of hydrogen-bond donors (Lipinski definition) is 4. The molecular formula is C25H26BrN7O4. The lowest BCUT2D eigenvalue weighted by Crippen LogP contribution is -2.46. The number of amides is 1. The summed E-state index contributed by atoms with van der Waals surface area (Å²) in [6.07, 6.45) is -0.156. The van der Waals surface area contributed by atoms with Crippen LogP contribution in [0, 0.1) is 0 Å². The molecule has 0 unspecified atom stereocenters. The van der Waals surface area contributed by atoms with Crippen molar-refractivity contribution in [2.24, 2.45) is 5.73 Å². The van der Waals surface area contributed by atoms with Crippen LogP contribution in [0.25, 0.3) is 11.2 Å². The van der Waals surface area contributed by atoms with Gasteiger partial charge in [0.25, 0.3) is 5.91 Å². The molecule has 192 valence electrons. The Hall–Kier alpha value is -3.58. The van der Waals surface area contributed by atoms with Crippen molar-refractivity contribution in [3.63, 3.8) is 0 Å². The summed E-state index contributed by atoms with van der Waals surface area (Å²) in [5.41, 5.74) is 8.95. The molecule has 0 radical (unpaired) electrons. The zero-order valence-corrected chi connectivity index (χ0v) is 21.5. The number of imidazole rings is 1. The number of aromatic nitrogens is 4. The molecule has 0 bridgehead atoms. The predicted molar refractivity (Wildman–Crippen MR) is 140 cm³/mol. The van der Waals surface area contributed by atoms with E-state index in [0.29, 0.717) is 30.1 Å². The topological polar surface area (TPSA) is 149 Å². The minimum Gasteiger partial charge on any atom is -0.489 e. The molecule has 1 aliphatic rings. The maximum absolute atomic E-state index is 12.1. The largest absolute Gasteiger partial charge is 0.489 e. The highest BCUT2D eigenvalue weighted by Gasteiger charge is 2.46. The van der Waals surface area contributed by atoms with E-state index in [-0.39, 0.29) is 0 Å². The molecule has 2 aromatic heterocycles. The van der Waals surface area contributed by atoms with Crippen molar-refractivity contribution >= 4 is 38.8 Å². The second-order valence-electron chi connectivity index (χ2n) is 8.56. The number of aliphatic hydroxyl groups is 1. The molecule has 11 nitrogen and oxygen atoms in total. The Labute approximate surface area is 221 Å². The summed E-state index contributed by atoms with van der Waals surface area (Å²) in [5.74, 6) is 0.833. The number of halogens is 1. The van der Waals surface area contributed by atoms with Crippen LogP contribution in [0.5, 0.6) is 5.75 Å². The van der Waals surface area contributed by atoms with Crippen LogP contribution >= 0.6 is 15.9 Å². The summed E-state index contributed by atoms with van der Waals surface area (Å²) in [4.78, 5) is 25.2. The number of hydrogen-bond acceptors (Lipinski definition) is 9. The highest BCUT2D eigenvalue weighted by atomic mass is 79.9. The first-order valence-electron chi connectivity index (χ1n) is 11.6. The second kappa shape index (κ2) is 10.8. The standard InChI is InChI=1S/C25H26BrN7O4/c1-28-24(35)21-18(27)20(34)25(37-21)33-13-32-19-22(30-12-31-23(19)33)29-10-15-9-16(26)7-8-17(15)36-11-14-5-3-2-4-6-14/h2-9,12-13,18,20-21,25,34H,10-11,27H2,1H3,(H,28,35)(H,29,30,31)/t18-,20+,21-,25+/m0/s1. The maximum atomic E-state index is 12.1. The van der Waals surface area contributed by atoms with Gasteiger partial charge in [-0.15, -0.1) is 0 Å². The van der Waals surface area contributed by atoms with Crippen LogP contribution in [0.1, 0.15) is 17.4 Å². The van der Waals surface area contributed by atoms with Gasteiger partial charge in [0, 0.05) is 23.6 Å². The number of nitrogens with one attached hydrogen (secondary N) is 2. The van der Waals surface area contributed by atoms with Gasteiger partial charge in [0.05, 0.1) is 12.4 Å². The lowest BCUT2D eigenvalue weighted by Gasteiger charge is -2.17. The highest BCUT2D eigenvalue weighted by molar-refractivity contribution is 9.10. The van der Waals surface area contributed by atoms with Gasteiger partial charge < -0.3 is 30.9 Å². The minimum absolute atomic E-state index is 0.408. The van der Waals surface area contributed by atoms with E-state index in [0.717, 1.165) is 21.3 Å².